The van der Waals surface area contributed by atoms with Crippen LogP contribution in [0.4, 0.5) is 0 Å². The Bertz CT molecular complexity index is 1510. The molecule has 1 unspecified atom stereocenters. The smallest absolute Gasteiger partial charge is 0.0687 e. The second-order valence-corrected chi connectivity index (χ2v) is 10.2. The highest BCUT2D eigenvalue weighted by molar-refractivity contribution is 5.86. The number of aromatic amines is 2. The fourth-order valence-corrected chi connectivity index (χ4v) is 5.14. The Labute approximate surface area is 215 Å². The van der Waals surface area contributed by atoms with Crippen LogP contribution in [0.25, 0.3) is 39.8 Å². The van der Waals surface area contributed by atoms with Crippen molar-refractivity contribution in [3.05, 3.63) is 75.4 Å². The number of hydrogen-bond acceptors (Lipinski definition) is 2. The predicted octanol–water partition coefficient (Wildman–Crippen LogP) is 8.77. The average Bonchev–Trinajstić information content (AvgIpc) is 3.55. The normalized spacial score (nSPS) is 14.8. The summed E-state index contributed by atoms with van der Waals surface area (Å²) in [5.41, 5.74) is 16.0. The summed E-state index contributed by atoms with van der Waals surface area (Å²) in [6.07, 6.45) is 7.29. The molecule has 0 saturated heterocycles. The lowest BCUT2D eigenvalue weighted by Crippen LogP contribution is -1.91. The van der Waals surface area contributed by atoms with Crippen LogP contribution in [0.3, 0.4) is 0 Å². The maximum absolute atomic E-state index is 5.05. The summed E-state index contributed by atoms with van der Waals surface area (Å²) in [5.74, 6) is 0.370. The Morgan fingerprint density at radius 1 is 0.889 bits per heavy atom. The van der Waals surface area contributed by atoms with E-state index in [0.717, 1.165) is 63.2 Å². The molecule has 0 aliphatic carbocycles. The van der Waals surface area contributed by atoms with E-state index in [1.165, 1.54) is 34.2 Å². The minimum Gasteiger partial charge on any atom is -0.355 e. The first kappa shape index (κ1) is 25.7. The summed E-state index contributed by atoms with van der Waals surface area (Å²) >= 11 is 0. The zero-order valence-electron chi connectivity index (χ0n) is 23.2. The van der Waals surface area contributed by atoms with Crippen LogP contribution in [0.1, 0.15) is 97.6 Å². The van der Waals surface area contributed by atoms with Gasteiger partial charge in [-0.1, -0.05) is 46.8 Å². The van der Waals surface area contributed by atoms with Crippen molar-refractivity contribution in [1.82, 2.24) is 19.9 Å². The molecule has 2 aliphatic heterocycles. The molecule has 0 aromatic carbocycles. The van der Waals surface area contributed by atoms with Crippen LogP contribution >= 0.6 is 0 Å². The third kappa shape index (κ3) is 4.57. The predicted molar refractivity (Wildman–Crippen MR) is 156 cm³/mol. The van der Waals surface area contributed by atoms with Gasteiger partial charge in [-0.15, -0.1) is 0 Å². The van der Waals surface area contributed by atoms with Crippen LogP contribution in [0, 0.1) is 20.8 Å². The standard InChI is InChI=1S/C29H32N4.C3H8/c1-8-20-18(6)27-14-29-21(9-2)17(5)26(32-29)12-22-15(3)10-24(30-22)19(7)25-11-16(4)23(31-25)13-28(20)33-27;1-3-2/h9,11-15,32-33H,2,8,10H2,1,3-7H3;3H2,1-2H3. The van der Waals surface area contributed by atoms with Crippen LogP contribution in [0.2, 0.25) is 0 Å². The molecule has 0 spiro atoms. The van der Waals surface area contributed by atoms with Crippen LogP contribution in [0.15, 0.2) is 24.8 Å². The first-order valence-corrected chi connectivity index (χ1v) is 13.3. The van der Waals surface area contributed by atoms with Gasteiger partial charge in [-0.2, -0.15) is 0 Å². The number of fused-ring (bicyclic) bond motifs is 8. The third-order valence-electron chi connectivity index (χ3n) is 7.32. The quantitative estimate of drug-likeness (QED) is 0.385. The molecule has 3 aromatic rings. The van der Waals surface area contributed by atoms with Crippen LogP contribution in [-0.4, -0.2) is 19.9 Å². The zero-order valence-corrected chi connectivity index (χ0v) is 23.2. The van der Waals surface area contributed by atoms with E-state index in [1.807, 2.05) is 6.08 Å². The van der Waals surface area contributed by atoms with E-state index in [9.17, 15) is 0 Å². The van der Waals surface area contributed by atoms with E-state index in [2.05, 4.69) is 96.2 Å². The van der Waals surface area contributed by atoms with Gasteiger partial charge in [0.15, 0.2) is 0 Å². The van der Waals surface area contributed by atoms with E-state index in [0.29, 0.717) is 5.92 Å². The Balaban J connectivity index is 0.000000967. The lowest BCUT2D eigenvalue weighted by Gasteiger charge is -2.00. The fourth-order valence-electron chi connectivity index (χ4n) is 5.14. The van der Waals surface area contributed by atoms with E-state index in [1.54, 1.807) is 0 Å². The summed E-state index contributed by atoms with van der Waals surface area (Å²) in [6, 6.07) is 6.63. The zero-order chi connectivity index (χ0) is 26.1. The van der Waals surface area contributed by atoms with Crippen molar-refractivity contribution in [3.63, 3.8) is 0 Å². The summed E-state index contributed by atoms with van der Waals surface area (Å²) in [7, 11) is 0. The number of nitrogens with one attached hydrogen (secondary N) is 2. The highest BCUT2D eigenvalue weighted by atomic mass is 14.8. The van der Waals surface area contributed by atoms with Crippen LogP contribution in [0.5, 0.6) is 0 Å². The van der Waals surface area contributed by atoms with Crippen molar-refractivity contribution in [1.29, 1.82) is 0 Å². The molecule has 2 aliphatic rings. The van der Waals surface area contributed by atoms with Crippen molar-refractivity contribution in [2.75, 3.05) is 0 Å². The van der Waals surface area contributed by atoms with E-state index in [4.69, 9.17) is 9.97 Å². The van der Waals surface area contributed by atoms with Crippen LogP contribution < -0.4 is 0 Å². The molecule has 1 atom stereocenters. The second-order valence-electron chi connectivity index (χ2n) is 10.2. The summed E-state index contributed by atoms with van der Waals surface area (Å²) < 4.78 is 0. The third-order valence-corrected chi connectivity index (χ3v) is 7.32. The number of aromatic nitrogens is 4. The molecule has 188 valence electrons. The van der Waals surface area contributed by atoms with Crippen molar-refractivity contribution in [3.8, 4) is 0 Å². The van der Waals surface area contributed by atoms with Gasteiger partial charge >= 0.3 is 0 Å². The van der Waals surface area contributed by atoms with Gasteiger partial charge in [0.05, 0.1) is 11.4 Å². The van der Waals surface area contributed by atoms with E-state index < -0.39 is 0 Å². The summed E-state index contributed by atoms with van der Waals surface area (Å²) in [6.45, 7) is 21.5. The van der Waals surface area contributed by atoms with Gasteiger partial charge in [0, 0.05) is 44.9 Å². The molecular formula is C32H40N4. The maximum atomic E-state index is 5.05. The molecule has 0 saturated carbocycles. The van der Waals surface area contributed by atoms with Gasteiger partial charge in [-0.25, -0.2) is 4.98 Å². The van der Waals surface area contributed by atoms with Gasteiger partial charge in [0.25, 0.3) is 0 Å². The van der Waals surface area contributed by atoms with Gasteiger partial charge in [0.1, 0.15) is 0 Å². The van der Waals surface area contributed by atoms with Crippen molar-refractivity contribution in [2.45, 2.75) is 80.6 Å². The van der Waals surface area contributed by atoms with Crippen molar-refractivity contribution in [2.24, 2.45) is 0 Å². The molecule has 4 nitrogen and oxygen atoms in total. The number of nitrogens with zero attached hydrogens (tertiary/aromatic N) is 2. The van der Waals surface area contributed by atoms with Gasteiger partial charge in [-0.05, 0) is 92.6 Å². The van der Waals surface area contributed by atoms with Crippen LogP contribution in [-0.2, 0) is 12.8 Å². The highest BCUT2D eigenvalue weighted by Crippen LogP contribution is 2.31. The average molecular weight is 481 g/mol. The second kappa shape index (κ2) is 10.3. The molecule has 3 aromatic heterocycles. The minimum atomic E-state index is 0.370. The molecule has 5 heterocycles. The molecule has 8 bridgehead atoms. The number of H-pyrrole nitrogens is 2. The Kier molecular flexibility index (Phi) is 7.35. The first-order valence-electron chi connectivity index (χ1n) is 13.3. The Morgan fingerprint density at radius 2 is 1.56 bits per heavy atom. The molecule has 4 heteroatoms. The van der Waals surface area contributed by atoms with E-state index >= 15 is 0 Å². The molecule has 0 fully saturated rings. The van der Waals surface area contributed by atoms with Gasteiger partial charge < -0.3 is 9.97 Å². The fraction of sp³-hybridized carbons (Fsp3) is 0.375. The lowest BCUT2D eigenvalue weighted by atomic mass is 10.0. The highest BCUT2D eigenvalue weighted by Gasteiger charge is 2.20. The SMILES string of the molecule is C=Cc1c(C)c2cc3nc(c(C)c4nc(cc5[nH]c(cc1[nH]2)c(C)c5CC)C(C)=C4)CC3C.CCC. The Hall–Kier alpha value is -3.40. The largest absolute Gasteiger partial charge is 0.355 e. The summed E-state index contributed by atoms with van der Waals surface area (Å²) in [5, 5.41) is 0. The summed E-state index contributed by atoms with van der Waals surface area (Å²) in [4.78, 5) is 17.4. The van der Waals surface area contributed by atoms with Gasteiger partial charge in [-0.3, -0.25) is 4.98 Å². The molecule has 0 amide bonds. The Morgan fingerprint density at radius 3 is 2.22 bits per heavy atom. The minimum absolute atomic E-state index is 0.370. The molecule has 2 N–H and O–H groups in total. The monoisotopic (exact) mass is 480 g/mol. The number of aryl methyl sites for hydroxylation is 3. The number of hydrogen-bond donors (Lipinski definition) is 2. The topological polar surface area (TPSA) is 57.4 Å². The van der Waals surface area contributed by atoms with E-state index in [-0.39, 0.29) is 0 Å². The molecule has 0 radical (unpaired) electrons. The van der Waals surface area contributed by atoms with Crippen molar-refractivity contribution < 1.29 is 0 Å². The molecule has 36 heavy (non-hydrogen) atoms. The van der Waals surface area contributed by atoms with Crippen molar-refractivity contribution >= 4 is 39.8 Å². The molecule has 5 rings (SSSR count). The number of allylic oxidation sites excluding steroid dienone is 1. The maximum Gasteiger partial charge on any atom is 0.0687 e. The number of rotatable bonds is 2. The first-order chi connectivity index (χ1) is 17.2. The molecular weight excluding hydrogens is 440 g/mol. The lowest BCUT2D eigenvalue weighted by molar-refractivity contribution is 0.793. The van der Waals surface area contributed by atoms with Gasteiger partial charge in [0.2, 0.25) is 0 Å².